The van der Waals surface area contributed by atoms with Gasteiger partial charge in [-0.1, -0.05) is 12.1 Å². The van der Waals surface area contributed by atoms with Gasteiger partial charge >= 0.3 is 0 Å². The molecule has 1 N–H and O–H groups in total. The minimum atomic E-state index is -0.692. The Morgan fingerprint density at radius 1 is 1.00 bits per heavy atom. The number of rotatable bonds is 6. The molecule has 33 heavy (non-hydrogen) atoms. The number of carbonyl (C=O) groups is 2. The van der Waals surface area contributed by atoms with Crippen LogP contribution in [0.15, 0.2) is 48.0 Å². The van der Waals surface area contributed by atoms with Gasteiger partial charge in [0.1, 0.15) is 19.0 Å². The number of anilines is 1. The summed E-state index contributed by atoms with van der Waals surface area (Å²) in [6.07, 6.45) is 0. The fraction of sp³-hybridized carbons (Fsp3) is 0.360. The lowest BCUT2D eigenvalue weighted by Crippen LogP contribution is -2.35. The molecule has 2 aromatic carbocycles. The molecule has 2 aliphatic heterocycles. The van der Waals surface area contributed by atoms with Gasteiger partial charge in [0.05, 0.1) is 11.6 Å². The topological polar surface area (TPSA) is 82.6 Å². The van der Waals surface area contributed by atoms with Gasteiger partial charge in [-0.25, -0.2) is 0 Å². The lowest BCUT2D eigenvalue weighted by molar-refractivity contribution is -0.140. The Labute approximate surface area is 193 Å². The van der Waals surface area contributed by atoms with Crippen LogP contribution in [0.4, 0.5) is 5.69 Å². The molecule has 1 saturated heterocycles. The van der Waals surface area contributed by atoms with E-state index in [2.05, 4.69) is 0 Å². The van der Waals surface area contributed by atoms with Crippen LogP contribution in [0.1, 0.15) is 17.2 Å². The SMILES string of the molecule is CN(C)CCN1C(=O)C(=O)/C(=C(/O)c2ccc3c(c2)OCCO3)[C@H]1c1ccc(N(C)C)cc1. The van der Waals surface area contributed by atoms with E-state index in [4.69, 9.17) is 9.47 Å². The molecule has 0 spiro atoms. The number of Topliss-reactive ketones (excluding diaryl/α,β-unsaturated/α-hetero) is 1. The summed E-state index contributed by atoms with van der Waals surface area (Å²) in [6.45, 7) is 1.81. The molecule has 174 valence electrons. The van der Waals surface area contributed by atoms with Crippen LogP contribution in [0, 0.1) is 0 Å². The highest BCUT2D eigenvalue weighted by Gasteiger charge is 2.46. The molecule has 8 heteroatoms. The van der Waals surface area contributed by atoms with Crippen molar-refractivity contribution in [1.82, 2.24) is 9.80 Å². The van der Waals surface area contributed by atoms with Crippen LogP contribution in [0.3, 0.4) is 0 Å². The van der Waals surface area contributed by atoms with E-state index in [9.17, 15) is 14.7 Å². The molecule has 0 bridgehead atoms. The molecule has 2 aliphatic rings. The smallest absolute Gasteiger partial charge is 0.295 e. The van der Waals surface area contributed by atoms with Gasteiger partial charge in [0.15, 0.2) is 11.5 Å². The van der Waals surface area contributed by atoms with E-state index >= 15 is 0 Å². The minimum absolute atomic E-state index is 0.0769. The highest BCUT2D eigenvalue weighted by molar-refractivity contribution is 6.46. The van der Waals surface area contributed by atoms with E-state index in [1.807, 2.05) is 62.3 Å². The summed E-state index contributed by atoms with van der Waals surface area (Å²) in [7, 11) is 7.71. The summed E-state index contributed by atoms with van der Waals surface area (Å²) in [5.41, 5.74) is 2.24. The van der Waals surface area contributed by atoms with Crippen LogP contribution in [-0.2, 0) is 9.59 Å². The van der Waals surface area contributed by atoms with E-state index in [1.54, 1.807) is 18.2 Å². The first-order valence-electron chi connectivity index (χ1n) is 10.9. The number of hydrogen-bond acceptors (Lipinski definition) is 7. The van der Waals surface area contributed by atoms with Crippen molar-refractivity contribution >= 4 is 23.1 Å². The fourth-order valence-electron chi connectivity index (χ4n) is 4.07. The number of ketones is 1. The van der Waals surface area contributed by atoms with Gasteiger partial charge < -0.3 is 29.3 Å². The second-order valence-electron chi connectivity index (χ2n) is 8.64. The molecule has 2 aromatic rings. The van der Waals surface area contributed by atoms with Gasteiger partial charge in [0.25, 0.3) is 11.7 Å². The fourth-order valence-corrected chi connectivity index (χ4v) is 4.07. The molecule has 1 amide bonds. The first kappa shape index (κ1) is 22.7. The monoisotopic (exact) mass is 451 g/mol. The maximum atomic E-state index is 13.1. The van der Waals surface area contributed by atoms with Crippen LogP contribution < -0.4 is 14.4 Å². The number of ether oxygens (including phenoxy) is 2. The Hall–Kier alpha value is -3.52. The zero-order valence-electron chi connectivity index (χ0n) is 19.4. The summed E-state index contributed by atoms with van der Waals surface area (Å²) in [6, 6.07) is 12.0. The number of hydrogen-bond donors (Lipinski definition) is 1. The Morgan fingerprint density at radius 2 is 1.67 bits per heavy atom. The van der Waals surface area contributed by atoms with Gasteiger partial charge in [0.2, 0.25) is 0 Å². The lowest BCUT2D eigenvalue weighted by Gasteiger charge is -2.27. The third kappa shape index (κ3) is 4.39. The standard InChI is InChI=1S/C25H29N3O5/c1-26(2)11-12-28-22(16-5-8-18(9-6-16)27(3)4)21(24(30)25(28)31)23(29)17-7-10-19-20(15-17)33-14-13-32-19/h5-10,15,22,29H,11-14H2,1-4H3/b23-21+/t22-/m1/s1. The number of aliphatic hydroxyl groups is 1. The second kappa shape index (κ2) is 9.15. The van der Waals surface area contributed by atoms with Crippen molar-refractivity contribution in [1.29, 1.82) is 0 Å². The van der Waals surface area contributed by atoms with Gasteiger partial charge in [-0.3, -0.25) is 9.59 Å². The third-order valence-corrected chi connectivity index (χ3v) is 5.87. The number of carbonyl (C=O) groups excluding carboxylic acids is 2. The summed E-state index contributed by atoms with van der Waals surface area (Å²) in [5.74, 6) is -0.445. The lowest BCUT2D eigenvalue weighted by atomic mass is 9.95. The minimum Gasteiger partial charge on any atom is -0.507 e. The third-order valence-electron chi connectivity index (χ3n) is 5.87. The molecule has 8 nitrogen and oxygen atoms in total. The van der Waals surface area contributed by atoms with Crippen molar-refractivity contribution < 1.29 is 24.2 Å². The molecule has 1 atom stereocenters. The number of fused-ring (bicyclic) bond motifs is 1. The Balaban J connectivity index is 1.81. The number of aliphatic hydroxyl groups excluding tert-OH is 1. The zero-order valence-corrected chi connectivity index (χ0v) is 19.4. The number of benzene rings is 2. The van der Waals surface area contributed by atoms with Gasteiger partial charge in [-0.15, -0.1) is 0 Å². The maximum absolute atomic E-state index is 13.1. The Bertz CT molecular complexity index is 1090. The summed E-state index contributed by atoms with van der Waals surface area (Å²) < 4.78 is 11.2. The predicted octanol–water partition coefficient (Wildman–Crippen LogP) is 2.51. The van der Waals surface area contributed by atoms with Crippen LogP contribution in [-0.4, -0.2) is 81.1 Å². The Kier molecular flexibility index (Phi) is 6.29. The van der Waals surface area contributed by atoms with E-state index in [-0.39, 0.29) is 11.3 Å². The highest BCUT2D eigenvalue weighted by atomic mass is 16.6. The van der Waals surface area contributed by atoms with E-state index in [0.29, 0.717) is 43.4 Å². The maximum Gasteiger partial charge on any atom is 0.295 e. The normalized spacial score (nSPS) is 19.3. The van der Waals surface area contributed by atoms with Crippen LogP contribution >= 0.6 is 0 Å². The molecule has 1 fully saturated rings. The average molecular weight is 452 g/mol. The predicted molar refractivity (Wildman–Crippen MR) is 126 cm³/mol. The molecule has 0 aromatic heterocycles. The van der Waals surface area contributed by atoms with Crippen LogP contribution in [0.2, 0.25) is 0 Å². The quantitative estimate of drug-likeness (QED) is 0.411. The molecule has 0 saturated carbocycles. The molecule has 2 heterocycles. The van der Waals surface area contributed by atoms with Crippen molar-refractivity contribution in [3.05, 3.63) is 59.2 Å². The molecular formula is C25H29N3O5. The number of amides is 1. The van der Waals surface area contributed by atoms with Crippen molar-refractivity contribution in [3.63, 3.8) is 0 Å². The van der Waals surface area contributed by atoms with Crippen molar-refractivity contribution in [2.75, 3.05) is 59.4 Å². The molecular weight excluding hydrogens is 422 g/mol. The van der Waals surface area contributed by atoms with E-state index in [1.165, 1.54) is 4.90 Å². The second-order valence-corrected chi connectivity index (χ2v) is 8.64. The number of nitrogens with zero attached hydrogens (tertiary/aromatic N) is 3. The van der Waals surface area contributed by atoms with Gasteiger partial charge in [-0.05, 0) is 50.0 Å². The number of likely N-dealkylation sites (tertiary alicyclic amines) is 1. The van der Waals surface area contributed by atoms with Gasteiger partial charge in [-0.2, -0.15) is 0 Å². The number of likely N-dealkylation sites (N-methyl/N-ethyl adjacent to an activating group) is 1. The molecule has 0 unspecified atom stereocenters. The molecule has 4 rings (SSSR count). The van der Waals surface area contributed by atoms with E-state index in [0.717, 1.165) is 11.3 Å². The van der Waals surface area contributed by atoms with Crippen LogP contribution in [0.5, 0.6) is 11.5 Å². The summed E-state index contributed by atoms with van der Waals surface area (Å²) >= 11 is 0. The highest BCUT2D eigenvalue weighted by Crippen LogP contribution is 2.41. The summed E-state index contributed by atoms with van der Waals surface area (Å²) in [4.78, 5) is 31.6. The van der Waals surface area contributed by atoms with Crippen molar-refractivity contribution in [3.8, 4) is 11.5 Å². The van der Waals surface area contributed by atoms with E-state index < -0.39 is 17.7 Å². The first-order chi connectivity index (χ1) is 15.8. The Morgan fingerprint density at radius 3 is 2.30 bits per heavy atom. The summed E-state index contributed by atoms with van der Waals surface area (Å²) in [5, 5.41) is 11.2. The van der Waals surface area contributed by atoms with Crippen molar-refractivity contribution in [2.45, 2.75) is 6.04 Å². The van der Waals surface area contributed by atoms with Crippen molar-refractivity contribution in [2.24, 2.45) is 0 Å². The first-order valence-corrected chi connectivity index (χ1v) is 10.9. The van der Waals surface area contributed by atoms with Crippen LogP contribution in [0.25, 0.3) is 5.76 Å². The average Bonchev–Trinajstić information content (AvgIpc) is 3.06. The zero-order chi connectivity index (χ0) is 23.7. The van der Waals surface area contributed by atoms with Gasteiger partial charge in [0, 0.05) is 38.4 Å². The molecule has 0 aliphatic carbocycles. The largest absolute Gasteiger partial charge is 0.507 e. The molecule has 0 radical (unpaired) electrons.